The smallest absolute Gasteiger partial charge is 0.310 e. The Morgan fingerprint density at radius 1 is 1.03 bits per heavy atom. The maximum atomic E-state index is 12.1. The van der Waals surface area contributed by atoms with Crippen molar-refractivity contribution in [3.8, 4) is 0 Å². The third-order valence-electron chi connectivity index (χ3n) is 6.15. The van der Waals surface area contributed by atoms with Gasteiger partial charge in [0, 0.05) is 10.4 Å². The maximum absolute atomic E-state index is 12.1. The fourth-order valence-electron chi connectivity index (χ4n) is 4.34. The van der Waals surface area contributed by atoms with E-state index in [0.29, 0.717) is 11.4 Å². The normalized spacial score (nSPS) is 12.2. The number of halogens is 1. The minimum absolute atomic E-state index is 0.554. The molecule has 0 bridgehead atoms. The lowest BCUT2D eigenvalue weighted by Gasteiger charge is -2.14. The summed E-state index contributed by atoms with van der Waals surface area (Å²) in [5.74, 6) is -1.35. The van der Waals surface area contributed by atoms with Crippen molar-refractivity contribution in [3.63, 3.8) is 0 Å². The van der Waals surface area contributed by atoms with Gasteiger partial charge in [-0.05, 0) is 72.7 Å². The van der Waals surface area contributed by atoms with E-state index in [1.807, 2.05) is 85.8 Å². The number of rotatable bonds is 9. The Morgan fingerprint density at radius 2 is 1.83 bits per heavy atom. The van der Waals surface area contributed by atoms with Crippen molar-refractivity contribution < 1.29 is 9.90 Å². The summed E-state index contributed by atoms with van der Waals surface area (Å²) >= 11 is 6.10. The number of benzene rings is 3. The summed E-state index contributed by atoms with van der Waals surface area (Å²) in [5.41, 5.74) is 6.80. The second-order valence-electron chi connectivity index (χ2n) is 8.80. The molecular weight excluding hydrogens is 454 g/mol. The first-order chi connectivity index (χ1) is 16.9. The van der Waals surface area contributed by atoms with E-state index in [1.165, 1.54) is 5.56 Å². The van der Waals surface area contributed by atoms with Crippen LogP contribution in [-0.4, -0.2) is 16.1 Å². The molecule has 35 heavy (non-hydrogen) atoms. The van der Waals surface area contributed by atoms with Gasteiger partial charge in [-0.25, -0.2) is 4.98 Å². The van der Waals surface area contributed by atoms with Crippen molar-refractivity contribution in [3.05, 3.63) is 118 Å². The van der Waals surface area contributed by atoms with Crippen molar-refractivity contribution in [2.45, 2.75) is 32.1 Å². The summed E-state index contributed by atoms with van der Waals surface area (Å²) in [5, 5.41) is 11.6. The minimum Gasteiger partial charge on any atom is -0.481 e. The lowest BCUT2D eigenvalue weighted by molar-refractivity contribution is -0.139. The molecule has 0 aliphatic heterocycles. The molecule has 0 radical (unpaired) electrons. The van der Waals surface area contributed by atoms with E-state index in [0.717, 1.165) is 51.7 Å². The Balaban J connectivity index is 1.48. The lowest BCUT2D eigenvalue weighted by Crippen LogP contribution is -2.12. The second-order valence-corrected chi connectivity index (χ2v) is 9.23. The van der Waals surface area contributed by atoms with Crippen LogP contribution in [0.25, 0.3) is 28.6 Å². The Labute approximate surface area is 211 Å². The van der Waals surface area contributed by atoms with Gasteiger partial charge in [-0.3, -0.25) is 4.79 Å². The number of carbonyl (C=O) groups is 1. The van der Waals surface area contributed by atoms with Crippen molar-refractivity contribution in [2.24, 2.45) is 0 Å². The highest BCUT2D eigenvalue weighted by atomic mass is 35.5. The van der Waals surface area contributed by atoms with Crippen molar-refractivity contribution in [1.29, 1.82) is 0 Å². The highest BCUT2D eigenvalue weighted by Crippen LogP contribution is 2.26. The second kappa shape index (κ2) is 11.2. The van der Waals surface area contributed by atoms with E-state index in [9.17, 15) is 9.90 Å². The Kier molecular flexibility index (Phi) is 7.79. The largest absolute Gasteiger partial charge is 0.481 e. The molecule has 1 N–H and O–H groups in total. The molecule has 1 aromatic heterocycles. The molecule has 0 fully saturated rings. The molecule has 1 atom stereocenters. The van der Waals surface area contributed by atoms with Gasteiger partial charge in [-0.15, -0.1) is 0 Å². The van der Waals surface area contributed by atoms with Gasteiger partial charge in [0.25, 0.3) is 0 Å². The molecule has 176 valence electrons. The molecule has 0 aliphatic carbocycles. The number of hydrogen-bond donors (Lipinski definition) is 1. The number of aryl methyl sites for hydroxylation is 1. The Hall–Kier alpha value is -3.69. The van der Waals surface area contributed by atoms with Crippen LogP contribution in [0.4, 0.5) is 0 Å². The van der Waals surface area contributed by atoms with E-state index >= 15 is 0 Å². The predicted molar refractivity (Wildman–Crippen MR) is 147 cm³/mol. The van der Waals surface area contributed by atoms with Crippen LogP contribution in [0.1, 0.15) is 53.6 Å². The fraction of sp³-hybridized carbons (Fsp3) is 0.161. The zero-order chi connectivity index (χ0) is 24.8. The molecular formula is C31H28ClNO2. The molecule has 1 heterocycles. The van der Waals surface area contributed by atoms with Gasteiger partial charge in [-0.2, -0.15) is 0 Å². The van der Waals surface area contributed by atoms with E-state index in [2.05, 4.69) is 23.7 Å². The first kappa shape index (κ1) is 24.4. The minimum atomic E-state index is -0.799. The van der Waals surface area contributed by atoms with Gasteiger partial charge in [0.15, 0.2) is 0 Å². The SMILES string of the molecule is C=C(C)c1ccccc1CCC[C@H](C(=O)O)c1cccc(/C=C/c2ccc3ccc(Cl)cc3n2)c1. The monoisotopic (exact) mass is 481 g/mol. The maximum Gasteiger partial charge on any atom is 0.310 e. The Morgan fingerprint density at radius 3 is 2.63 bits per heavy atom. The van der Waals surface area contributed by atoms with Gasteiger partial charge >= 0.3 is 5.97 Å². The highest BCUT2D eigenvalue weighted by molar-refractivity contribution is 6.31. The van der Waals surface area contributed by atoms with Gasteiger partial charge in [0.1, 0.15) is 0 Å². The number of aliphatic carboxylic acids is 1. The van der Waals surface area contributed by atoms with Crippen molar-refractivity contribution in [1.82, 2.24) is 4.98 Å². The molecule has 3 aromatic carbocycles. The Bertz CT molecular complexity index is 1410. The first-order valence-corrected chi connectivity index (χ1v) is 12.1. The van der Waals surface area contributed by atoms with Crippen molar-refractivity contribution >= 4 is 46.2 Å². The van der Waals surface area contributed by atoms with Crippen LogP contribution in [0.3, 0.4) is 0 Å². The molecule has 4 heteroatoms. The molecule has 0 spiro atoms. The first-order valence-electron chi connectivity index (χ1n) is 11.7. The van der Waals surface area contributed by atoms with E-state index < -0.39 is 11.9 Å². The quantitative estimate of drug-likeness (QED) is 0.261. The topological polar surface area (TPSA) is 50.2 Å². The molecule has 0 saturated heterocycles. The molecule has 0 saturated carbocycles. The van der Waals surface area contributed by atoms with Gasteiger partial charge < -0.3 is 5.11 Å². The third kappa shape index (κ3) is 6.26. The summed E-state index contributed by atoms with van der Waals surface area (Å²) in [6.45, 7) is 6.06. The van der Waals surface area contributed by atoms with Crippen LogP contribution in [0.15, 0.2) is 85.4 Å². The fourth-order valence-corrected chi connectivity index (χ4v) is 4.51. The summed E-state index contributed by atoms with van der Waals surface area (Å²) < 4.78 is 0. The number of carboxylic acids is 1. The van der Waals surface area contributed by atoms with Crippen LogP contribution in [0.5, 0.6) is 0 Å². The summed E-state index contributed by atoms with van der Waals surface area (Å²) in [4.78, 5) is 16.8. The molecule has 4 aromatic rings. The average molecular weight is 482 g/mol. The van der Waals surface area contributed by atoms with Gasteiger partial charge in [-0.1, -0.05) is 90.5 Å². The zero-order valence-electron chi connectivity index (χ0n) is 19.7. The van der Waals surface area contributed by atoms with Gasteiger partial charge in [0.05, 0.1) is 17.1 Å². The highest BCUT2D eigenvalue weighted by Gasteiger charge is 2.20. The summed E-state index contributed by atoms with van der Waals surface area (Å²) in [7, 11) is 0. The van der Waals surface area contributed by atoms with E-state index in [1.54, 1.807) is 0 Å². The standard InChI is InChI=1S/C31H28ClNO2/c1-21(2)28-11-4-3-8-23(28)9-6-12-29(31(34)35)25-10-5-7-22(19-25)13-17-27-18-15-24-14-16-26(32)20-30(24)33-27/h3-5,7-8,10-11,13-20,29H,1,6,9,12H2,2H3,(H,34,35)/b17-13+/t29-/m0/s1. The van der Waals surface area contributed by atoms with Crippen molar-refractivity contribution in [2.75, 3.05) is 0 Å². The van der Waals surface area contributed by atoms with Crippen LogP contribution in [0, 0.1) is 0 Å². The molecule has 3 nitrogen and oxygen atoms in total. The lowest BCUT2D eigenvalue weighted by atomic mass is 9.90. The molecule has 0 amide bonds. The number of fused-ring (bicyclic) bond motifs is 1. The van der Waals surface area contributed by atoms with E-state index in [-0.39, 0.29) is 0 Å². The number of hydrogen-bond acceptors (Lipinski definition) is 2. The van der Waals surface area contributed by atoms with E-state index in [4.69, 9.17) is 11.6 Å². The average Bonchev–Trinajstić information content (AvgIpc) is 2.85. The number of nitrogens with zero attached hydrogens (tertiary/aromatic N) is 1. The third-order valence-corrected chi connectivity index (χ3v) is 6.38. The van der Waals surface area contributed by atoms with Crippen LogP contribution in [-0.2, 0) is 11.2 Å². The van der Waals surface area contributed by atoms with Gasteiger partial charge in [0.2, 0.25) is 0 Å². The van der Waals surface area contributed by atoms with Crippen LogP contribution >= 0.6 is 11.6 Å². The summed E-state index contributed by atoms with van der Waals surface area (Å²) in [6.07, 6.45) is 6.07. The van der Waals surface area contributed by atoms with Crippen LogP contribution < -0.4 is 0 Å². The zero-order valence-corrected chi connectivity index (χ0v) is 20.5. The molecule has 0 aliphatic rings. The predicted octanol–water partition coefficient (Wildman–Crippen LogP) is 8.28. The summed E-state index contributed by atoms with van der Waals surface area (Å²) in [6, 6.07) is 25.6. The number of carboxylic acid groups (broad SMARTS) is 1. The van der Waals surface area contributed by atoms with Crippen LogP contribution in [0.2, 0.25) is 5.02 Å². The molecule has 4 rings (SSSR count). The molecule has 0 unspecified atom stereocenters. The number of aromatic nitrogens is 1. The number of allylic oxidation sites excluding steroid dienone is 1. The number of pyridine rings is 1.